The Labute approximate surface area is 177 Å². The third kappa shape index (κ3) is 3.88. The fourth-order valence-corrected chi connectivity index (χ4v) is 3.96. The number of carbonyl (C=O) groups excluding carboxylic acids is 1. The largest absolute Gasteiger partial charge is 0.471 e. The van der Waals surface area contributed by atoms with Crippen molar-refractivity contribution in [3.8, 4) is 11.4 Å². The lowest BCUT2D eigenvalue weighted by Crippen LogP contribution is -2.32. The Morgan fingerprint density at radius 1 is 1.16 bits per heavy atom. The van der Waals surface area contributed by atoms with Gasteiger partial charge < -0.3 is 9.42 Å². The molecule has 1 aliphatic rings. The van der Waals surface area contributed by atoms with Gasteiger partial charge in [0.2, 0.25) is 5.82 Å². The van der Waals surface area contributed by atoms with E-state index in [0.29, 0.717) is 23.2 Å². The summed E-state index contributed by atoms with van der Waals surface area (Å²) in [4.78, 5) is 18.5. The van der Waals surface area contributed by atoms with Crippen LogP contribution in [0, 0.1) is 0 Å². The van der Waals surface area contributed by atoms with E-state index in [-0.39, 0.29) is 17.8 Å². The predicted octanol–water partition coefficient (Wildman–Crippen LogP) is 4.56. The van der Waals surface area contributed by atoms with E-state index in [9.17, 15) is 18.0 Å². The molecule has 4 aromatic rings. The van der Waals surface area contributed by atoms with Gasteiger partial charge in [0.25, 0.3) is 5.91 Å². The number of aromatic nitrogens is 4. The zero-order valence-corrected chi connectivity index (χ0v) is 16.7. The summed E-state index contributed by atoms with van der Waals surface area (Å²) in [5, 5.41) is 7.42. The van der Waals surface area contributed by atoms with Gasteiger partial charge in [-0.15, -0.1) is 5.10 Å². The Kier molecular flexibility index (Phi) is 4.69. The molecule has 31 heavy (non-hydrogen) atoms. The molecule has 1 fully saturated rings. The van der Waals surface area contributed by atoms with E-state index >= 15 is 0 Å². The molecule has 0 unspecified atom stereocenters. The minimum Gasteiger partial charge on any atom is -0.331 e. The SMILES string of the molecule is O=C(c1cccc2nnsc12)N(Cc1ccc(-c2noc(C(F)(F)F)n2)cc1)C1CC1. The highest BCUT2D eigenvalue weighted by Gasteiger charge is 2.38. The molecule has 0 saturated heterocycles. The van der Waals surface area contributed by atoms with Gasteiger partial charge in [0.15, 0.2) is 0 Å². The maximum absolute atomic E-state index is 13.3. The normalized spacial score (nSPS) is 14.2. The first-order valence-corrected chi connectivity index (χ1v) is 10.2. The van der Waals surface area contributed by atoms with Gasteiger partial charge in [0, 0.05) is 18.2 Å². The Morgan fingerprint density at radius 3 is 2.61 bits per heavy atom. The minimum atomic E-state index is -4.69. The highest BCUT2D eigenvalue weighted by atomic mass is 32.1. The Hall–Kier alpha value is -3.34. The molecule has 0 radical (unpaired) electrons. The molecule has 0 aliphatic heterocycles. The predicted molar refractivity (Wildman–Crippen MR) is 105 cm³/mol. The maximum atomic E-state index is 13.3. The summed E-state index contributed by atoms with van der Waals surface area (Å²) in [6.07, 6.45) is -2.82. The number of fused-ring (bicyclic) bond motifs is 1. The van der Waals surface area contributed by atoms with E-state index < -0.39 is 12.1 Å². The van der Waals surface area contributed by atoms with Crippen molar-refractivity contribution in [2.24, 2.45) is 0 Å². The number of nitrogens with zero attached hydrogens (tertiary/aromatic N) is 5. The van der Waals surface area contributed by atoms with Gasteiger partial charge in [-0.05, 0) is 42.1 Å². The second-order valence-corrected chi connectivity index (χ2v) is 7.96. The van der Waals surface area contributed by atoms with Gasteiger partial charge in [-0.3, -0.25) is 4.79 Å². The highest BCUT2D eigenvalue weighted by molar-refractivity contribution is 7.13. The van der Waals surface area contributed by atoms with Crippen molar-refractivity contribution in [1.29, 1.82) is 0 Å². The van der Waals surface area contributed by atoms with Crippen LogP contribution in [-0.2, 0) is 12.7 Å². The average molecular weight is 445 g/mol. The van der Waals surface area contributed by atoms with E-state index in [1.165, 1.54) is 11.5 Å². The van der Waals surface area contributed by atoms with E-state index in [0.717, 1.165) is 23.1 Å². The van der Waals surface area contributed by atoms with E-state index in [1.54, 1.807) is 36.4 Å². The van der Waals surface area contributed by atoms with Gasteiger partial charge in [0.05, 0.1) is 10.3 Å². The monoisotopic (exact) mass is 445 g/mol. The average Bonchev–Trinajstić information content (AvgIpc) is 3.25. The summed E-state index contributed by atoms with van der Waals surface area (Å²) in [5.74, 6) is -1.61. The van der Waals surface area contributed by atoms with Crippen LogP contribution in [0.2, 0.25) is 0 Å². The molecule has 1 amide bonds. The van der Waals surface area contributed by atoms with Gasteiger partial charge in [-0.1, -0.05) is 40.0 Å². The second kappa shape index (κ2) is 7.41. The molecule has 2 heterocycles. The van der Waals surface area contributed by atoms with Crippen LogP contribution in [0.15, 0.2) is 47.0 Å². The molecule has 7 nitrogen and oxygen atoms in total. The van der Waals surface area contributed by atoms with Crippen LogP contribution in [0.4, 0.5) is 13.2 Å². The third-order valence-electron chi connectivity index (χ3n) is 4.99. The summed E-state index contributed by atoms with van der Waals surface area (Å²) in [6, 6.07) is 12.3. The number of rotatable bonds is 5. The van der Waals surface area contributed by atoms with Crippen molar-refractivity contribution < 1.29 is 22.5 Å². The zero-order chi connectivity index (χ0) is 21.6. The fourth-order valence-electron chi connectivity index (χ4n) is 3.29. The van der Waals surface area contributed by atoms with Gasteiger partial charge in [0.1, 0.15) is 5.52 Å². The van der Waals surface area contributed by atoms with Crippen molar-refractivity contribution in [3.63, 3.8) is 0 Å². The van der Waals surface area contributed by atoms with Crippen molar-refractivity contribution in [2.45, 2.75) is 31.6 Å². The van der Waals surface area contributed by atoms with E-state index in [1.807, 2.05) is 11.0 Å². The first-order valence-electron chi connectivity index (χ1n) is 9.42. The summed E-state index contributed by atoms with van der Waals surface area (Å²) >= 11 is 1.19. The molecule has 1 saturated carbocycles. The number of carbonyl (C=O) groups is 1. The first-order chi connectivity index (χ1) is 14.9. The van der Waals surface area contributed by atoms with Crippen LogP contribution in [0.3, 0.4) is 0 Å². The summed E-state index contributed by atoms with van der Waals surface area (Å²) in [5.41, 5.74) is 2.50. The molecule has 0 spiro atoms. The lowest BCUT2D eigenvalue weighted by atomic mass is 10.1. The number of alkyl halides is 3. The quantitative estimate of drug-likeness (QED) is 0.448. The first kappa shape index (κ1) is 19.6. The molecule has 0 bridgehead atoms. The van der Waals surface area contributed by atoms with Crippen molar-refractivity contribution >= 4 is 27.7 Å². The Balaban J connectivity index is 1.37. The zero-order valence-electron chi connectivity index (χ0n) is 15.8. The van der Waals surface area contributed by atoms with Crippen LogP contribution in [0.1, 0.15) is 34.7 Å². The van der Waals surface area contributed by atoms with Gasteiger partial charge in [-0.2, -0.15) is 18.2 Å². The van der Waals surface area contributed by atoms with Crippen LogP contribution in [0.5, 0.6) is 0 Å². The molecule has 1 aliphatic carbocycles. The number of hydrogen-bond acceptors (Lipinski definition) is 7. The molecule has 158 valence electrons. The van der Waals surface area contributed by atoms with Crippen molar-refractivity contribution in [3.05, 3.63) is 59.5 Å². The van der Waals surface area contributed by atoms with Crippen LogP contribution < -0.4 is 0 Å². The summed E-state index contributed by atoms with van der Waals surface area (Å²) in [6.45, 7) is 0.381. The minimum absolute atomic E-state index is 0.0868. The van der Waals surface area contributed by atoms with Crippen LogP contribution in [-0.4, -0.2) is 36.6 Å². The highest BCUT2D eigenvalue weighted by Crippen LogP contribution is 2.33. The summed E-state index contributed by atoms with van der Waals surface area (Å²) < 4.78 is 46.9. The molecule has 0 N–H and O–H groups in total. The van der Waals surface area contributed by atoms with Crippen LogP contribution in [0.25, 0.3) is 21.6 Å². The molecule has 2 aromatic carbocycles. The van der Waals surface area contributed by atoms with Crippen LogP contribution >= 0.6 is 11.5 Å². The summed E-state index contributed by atoms with van der Waals surface area (Å²) in [7, 11) is 0. The van der Waals surface area contributed by atoms with Gasteiger partial charge >= 0.3 is 12.1 Å². The maximum Gasteiger partial charge on any atom is 0.471 e. The fraction of sp³-hybridized carbons (Fsp3) is 0.250. The molecule has 2 aromatic heterocycles. The smallest absolute Gasteiger partial charge is 0.331 e. The standard InChI is InChI=1S/C20H14F3N5O2S/c21-20(22,23)19-24-17(26-30-19)12-6-4-11(5-7-12)10-28(13-8-9-13)18(29)14-2-1-3-15-16(14)31-27-25-15/h1-7,13H,8-10H2. The lowest BCUT2D eigenvalue weighted by Gasteiger charge is -2.23. The number of hydrogen-bond donors (Lipinski definition) is 0. The topological polar surface area (TPSA) is 85.0 Å². The Morgan fingerprint density at radius 2 is 1.94 bits per heavy atom. The molecular formula is C20H14F3N5O2S. The number of benzene rings is 2. The lowest BCUT2D eigenvalue weighted by molar-refractivity contribution is -0.159. The van der Waals surface area contributed by atoms with Crippen molar-refractivity contribution in [1.82, 2.24) is 24.6 Å². The third-order valence-corrected chi connectivity index (χ3v) is 5.76. The molecule has 0 atom stereocenters. The van der Waals surface area contributed by atoms with Gasteiger partial charge in [-0.25, -0.2) is 0 Å². The number of amides is 1. The Bertz CT molecular complexity index is 1250. The molecule has 11 heteroatoms. The van der Waals surface area contributed by atoms with E-state index in [4.69, 9.17) is 0 Å². The molecular weight excluding hydrogens is 431 g/mol. The van der Waals surface area contributed by atoms with E-state index in [2.05, 4.69) is 24.3 Å². The number of halogens is 3. The second-order valence-electron chi connectivity index (χ2n) is 7.21. The molecule has 5 rings (SSSR count). The van der Waals surface area contributed by atoms with Crippen molar-refractivity contribution in [2.75, 3.05) is 0 Å².